The van der Waals surface area contributed by atoms with E-state index in [1.54, 1.807) is 24.3 Å². The SMILES string of the molecule is O=C1C=C(Oc2ccccc2)C(=O)c2c(O)cccc21. The summed E-state index contributed by atoms with van der Waals surface area (Å²) in [5, 5.41) is 9.77. The minimum atomic E-state index is -0.499. The number of benzene rings is 2. The second kappa shape index (κ2) is 4.66. The van der Waals surface area contributed by atoms with Crippen LogP contribution in [-0.2, 0) is 0 Å². The quantitative estimate of drug-likeness (QED) is 0.907. The lowest BCUT2D eigenvalue weighted by Gasteiger charge is -2.16. The van der Waals surface area contributed by atoms with E-state index < -0.39 is 5.78 Å². The van der Waals surface area contributed by atoms with Gasteiger partial charge in [-0.2, -0.15) is 0 Å². The highest BCUT2D eigenvalue weighted by Crippen LogP contribution is 2.29. The Morgan fingerprint density at radius 2 is 1.65 bits per heavy atom. The first kappa shape index (κ1) is 12.2. The first-order chi connectivity index (χ1) is 9.66. The van der Waals surface area contributed by atoms with Gasteiger partial charge in [0.15, 0.2) is 11.5 Å². The van der Waals surface area contributed by atoms with E-state index in [1.165, 1.54) is 18.2 Å². The summed E-state index contributed by atoms with van der Waals surface area (Å²) < 4.78 is 5.43. The van der Waals surface area contributed by atoms with Gasteiger partial charge in [-0.05, 0) is 18.2 Å². The topological polar surface area (TPSA) is 63.6 Å². The zero-order chi connectivity index (χ0) is 14.1. The molecule has 0 fully saturated rings. The molecule has 98 valence electrons. The number of hydrogen-bond acceptors (Lipinski definition) is 4. The number of phenolic OH excluding ortho intramolecular Hbond substituents is 1. The molecule has 1 N–H and O–H groups in total. The summed E-state index contributed by atoms with van der Waals surface area (Å²) in [4.78, 5) is 24.2. The molecule has 2 aromatic carbocycles. The number of para-hydroxylation sites is 1. The first-order valence-electron chi connectivity index (χ1n) is 6.02. The number of Topliss-reactive ketones (excluding diaryl/α,β-unsaturated/α-hetero) is 1. The van der Waals surface area contributed by atoms with Crippen molar-refractivity contribution in [2.45, 2.75) is 0 Å². The van der Waals surface area contributed by atoms with Gasteiger partial charge in [0.05, 0.1) is 5.56 Å². The Labute approximate surface area is 114 Å². The number of carbonyl (C=O) groups is 2. The van der Waals surface area contributed by atoms with E-state index in [9.17, 15) is 14.7 Å². The van der Waals surface area contributed by atoms with E-state index in [-0.39, 0.29) is 28.4 Å². The monoisotopic (exact) mass is 266 g/mol. The highest BCUT2D eigenvalue weighted by molar-refractivity contribution is 6.24. The van der Waals surface area contributed by atoms with Gasteiger partial charge in [0, 0.05) is 11.6 Å². The van der Waals surface area contributed by atoms with Crippen molar-refractivity contribution in [3.63, 3.8) is 0 Å². The van der Waals surface area contributed by atoms with Crippen LogP contribution in [0.5, 0.6) is 11.5 Å². The predicted molar refractivity (Wildman–Crippen MR) is 71.9 cm³/mol. The Hall–Kier alpha value is -2.88. The van der Waals surface area contributed by atoms with Crippen molar-refractivity contribution in [3.8, 4) is 11.5 Å². The third-order valence-electron chi connectivity index (χ3n) is 2.99. The number of fused-ring (bicyclic) bond motifs is 1. The van der Waals surface area contributed by atoms with Crippen molar-refractivity contribution >= 4 is 11.6 Å². The van der Waals surface area contributed by atoms with Crippen molar-refractivity contribution in [1.29, 1.82) is 0 Å². The standard InChI is InChI=1S/C16H10O4/c17-12-8-4-7-11-13(18)9-14(16(19)15(11)12)20-10-5-2-1-3-6-10/h1-9,17H. The van der Waals surface area contributed by atoms with E-state index in [2.05, 4.69) is 0 Å². The summed E-state index contributed by atoms with van der Waals surface area (Å²) in [6, 6.07) is 13.1. The molecule has 0 amide bonds. The number of ketones is 2. The molecule has 0 saturated carbocycles. The smallest absolute Gasteiger partial charge is 0.232 e. The molecule has 0 aromatic heterocycles. The molecule has 0 saturated heterocycles. The molecular weight excluding hydrogens is 256 g/mol. The van der Waals surface area contributed by atoms with Crippen LogP contribution in [0.2, 0.25) is 0 Å². The molecule has 1 aliphatic carbocycles. The van der Waals surface area contributed by atoms with Crippen LogP contribution in [0.4, 0.5) is 0 Å². The van der Waals surface area contributed by atoms with Crippen LogP contribution in [0.1, 0.15) is 20.7 Å². The molecule has 4 heteroatoms. The Morgan fingerprint density at radius 3 is 2.40 bits per heavy atom. The molecule has 0 spiro atoms. The van der Waals surface area contributed by atoms with Gasteiger partial charge in [0.1, 0.15) is 11.5 Å². The van der Waals surface area contributed by atoms with Crippen molar-refractivity contribution < 1.29 is 19.4 Å². The van der Waals surface area contributed by atoms with E-state index in [0.29, 0.717) is 5.75 Å². The maximum absolute atomic E-state index is 12.3. The Balaban J connectivity index is 2.02. The number of phenols is 1. The number of carbonyl (C=O) groups excluding carboxylic acids is 2. The second-order valence-electron chi connectivity index (χ2n) is 4.32. The third kappa shape index (κ3) is 1.97. The highest BCUT2D eigenvalue weighted by Gasteiger charge is 2.29. The van der Waals surface area contributed by atoms with Crippen LogP contribution >= 0.6 is 0 Å². The minimum Gasteiger partial charge on any atom is -0.507 e. The number of rotatable bonds is 2. The van der Waals surface area contributed by atoms with Gasteiger partial charge < -0.3 is 9.84 Å². The molecule has 4 nitrogen and oxygen atoms in total. The summed E-state index contributed by atoms with van der Waals surface area (Å²) in [7, 11) is 0. The van der Waals surface area contributed by atoms with Gasteiger partial charge in [-0.25, -0.2) is 0 Å². The lowest BCUT2D eigenvalue weighted by Crippen LogP contribution is -2.20. The molecule has 0 unspecified atom stereocenters. The number of hydrogen-bond donors (Lipinski definition) is 1. The minimum absolute atomic E-state index is 0.00840. The van der Waals surface area contributed by atoms with E-state index in [1.807, 2.05) is 6.07 Å². The largest absolute Gasteiger partial charge is 0.507 e. The van der Waals surface area contributed by atoms with E-state index in [4.69, 9.17) is 4.74 Å². The molecule has 0 radical (unpaired) electrons. The van der Waals surface area contributed by atoms with E-state index in [0.717, 1.165) is 6.08 Å². The average molecular weight is 266 g/mol. The van der Waals surface area contributed by atoms with Crippen LogP contribution in [0.15, 0.2) is 60.4 Å². The van der Waals surface area contributed by atoms with Crippen molar-refractivity contribution in [2.75, 3.05) is 0 Å². The molecule has 20 heavy (non-hydrogen) atoms. The number of allylic oxidation sites excluding steroid dienone is 2. The predicted octanol–water partition coefficient (Wildman–Crippen LogP) is 2.73. The Bertz CT molecular complexity index is 729. The molecule has 0 bridgehead atoms. The molecule has 0 atom stereocenters. The van der Waals surface area contributed by atoms with Crippen LogP contribution in [0, 0.1) is 0 Å². The van der Waals surface area contributed by atoms with Crippen LogP contribution in [-0.4, -0.2) is 16.7 Å². The van der Waals surface area contributed by atoms with E-state index >= 15 is 0 Å². The highest BCUT2D eigenvalue weighted by atomic mass is 16.5. The van der Waals surface area contributed by atoms with Gasteiger partial charge in [0.2, 0.25) is 5.78 Å². The second-order valence-corrected chi connectivity index (χ2v) is 4.32. The molecule has 1 aliphatic rings. The normalized spacial score (nSPS) is 13.7. The van der Waals surface area contributed by atoms with Gasteiger partial charge in [-0.15, -0.1) is 0 Å². The van der Waals surface area contributed by atoms with Gasteiger partial charge in [0.25, 0.3) is 0 Å². The third-order valence-corrected chi connectivity index (χ3v) is 2.99. The van der Waals surface area contributed by atoms with Crippen molar-refractivity contribution in [3.05, 3.63) is 71.5 Å². The zero-order valence-electron chi connectivity index (χ0n) is 10.4. The molecule has 3 rings (SSSR count). The lowest BCUT2D eigenvalue weighted by molar-refractivity contribution is 0.0944. The van der Waals surface area contributed by atoms with Crippen LogP contribution in [0.25, 0.3) is 0 Å². The summed E-state index contributed by atoms with van der Waals surface area (Å²) in [5.74, 6) is -0.708. The van der Waals surface area contributed by atoms with Crippen molar-refractivity contribution in [1.82, 2.24) is 0 Å². The van der Waals surface area contributed by atoms with Gasteiger partial charge in [-0.1, -0.05) is 30.3 Å². The maximum Gasteiger partial charge on any atom is 0.232 e. The van der Waals surface area contributed by atoms with Gasteiger partial charge in [-0.3, -0.25) is 9.59 Å². The summed E-state index contributed by atoms with van der Waals surface area (Å²) in [5.41, 5.74) is 0.182. The maximum atomic E-state index is 12.3. The molecule has 0 aliphatic heterocycles. The summed E-state index contributed by atoms with van der Waals surface area (Å²) in [6.07, 6.45) is 1.15. The average Bonchev–Trinajstić information content (AvgIpc) is 2.45. The molecular formula is C16H10O4. The molecule has 2 aromatic rings. The number of ether oxygens (including phenoxy) is 1. The number of aromatic hydroxyl groups is 1. The van der Waals surface area contributed by atoms with Crippen LogP contribution < -0.4 is 4.74 Å². The summed E-state index contributed by atoms with van der Waals surface area (Å²) >= 11 is 0. The van der Waals surface area contributed by atoms with Crippen molar-refractivity contribution in [2.24, 2.45) is 0 Å². The zero-order valence-corrected chi connectivity index (χ0v) is 10.4. The van der Waals surface area contributed by atoms with Crippen LogP contribution in [0.3, 0.4) is 0 Å². The Morgan fingerprint density at radius 1 is 0.900 bits per heavy atom. The van der Waals surface area contributed by atoms with Gasteiger partial charge >= 0.3 is 0 Å². The fourth-order valence-electron chi connectivity index (χ4n) is 2.06. The fourth-order valence-corrected chi connectivity index (χ4v) is 2.06. The first-order valence-corrected chi connectivity index (χ1v) is 6.02. The lowest BCUT2D eigenvalue weighted by atomic mass is 9.93. The Kier molecular flexibility index (Phi) is 2.84. The summed E-state index contributed by atoms with van der Waals surface area (Å²) in [6.45, 7) is 0. The fraction of sp³-hybridized carbons (Fsp3) is 0. The molecule has 0 heterocycles.